The molecule has 0 spiro atoms. The molecule has 1 aromatic heterocycles. The van der Waals surface area contributed by atoms with Crippen LogP contribution in [0.4, 0.5) is 0 Å². The Labute approximate surface area is 338 Å². The first-order valence-electron chi connectivity index (χ1n) is 24.9. The lowest BCUT2D eigenvalue weighted by Crippen LogP contribution is -2.15. The first-order chi connectivity index (χ1) is 26.4. The first kappa shape index (κ1) is 48.6. The van der Waals surface area contributed by atoms with Crippen LogP contribution >= 0.6 is 11.8 Å². The van der Waals surface area contributed by atoms with Gasteiger partial charge in [0.25, 0.3) is 0 Å². The van der Waals surface area contributed by atoms with Crippen molar-refractivity contribution >= 4 is 11.8 Å². The molecular weight excluding hydrogens is 663 g/mol. The highest BCUT2D eigenvalue weighted by Crippen LogP contribution is 2.32. The molecule has 312 valence electrons. The maximum Gasteiger partial charge on any atom is 0.191 e. The number of aromatic nitrogens is 3. The maximum atomic E-state index is 4.91. The average molecular weight is 758 g/mol. The molecule has 53 heavy (non-hydrogen) atoms. The SMILES string of the molecule is CCCCCCCCCCCCCCCCCCSc1nnc(CCCCCCCCCCCCCCCCC)n1C1CCCCCCCCCCC1. The molecular formula is C49H95N3S. The van der Waals surface area contributed by atoms with Crippen LogP contribution in [-0.4, -0.2) is 20.5 Å². The van der Waals surface area contributed by atoms with Crippen LogP contribution in [0, 0.1) is 0 Å². The molecule has 0 bridgehead atoms. The van der Waals surface area contributed by atoms with Crippen LogP contribution in [-0.2, 0) is 6.42 Å². The Morgan fingerprint density at radius 2 is 0.717 bits per heavy atom. The van der Waals surface area contributed by atoms with Gasteiger partial charge in [-0.15, -0.1) is 10.2 Å². The van der Waals surface area contributed by atoms with E-state index in [4.69, 9.17) is 10.2 Å². The molecule has 0 radical (unpaired) electrons. The van der Waals surface area contributed by atoms with Crippen molar-refractivity contribution in [1.29, 1.82) is 0 Å². The zero-order chi connectivity index (χ0) is 37.5. The molecule has 2 rings (SSSR count). The van der Waals surface area contributed by atoms with Gasteiger partial charge in [0.1, 0.15) is 5.82 Å². The van der Waals surface area contributed by atoms with Crippen LogP contribution in [0.3, 0.4) is 0 Å². The fourth-order valence-corrected chi connectivity index (χ4v) is 9.83. The summed E-state index contributed by atoms with van der Waals surface area (Å²) in [5.41, 5.74) is 0. The van der Waals surface area contributed by atoms with Crippen molar-refractivity contribution in [3.63, 3.8) is 0 Å². The minimum absolute atomic E-state index is 0.615. The number of unbranched alkanes of at least 4 members (excludes halogenated alkanes) is 29. The van der Waals surface area contributed by atoms with Crippen molar-refractivity contribution in [3.05, 3.63) is 5.82 Å². The number of hydrogen-bond acceptors (Lipinski definition) is 3. The molecule has 0 atom stereocenters. The van der Waals surface area contributed by atoms with Gasteiger partial charge in [0.2, 0.25) is 0 Å². The quantitative estimate of drug-likeness (QED) is 0.0510. The highest BCUT2D eigenvalue weighted by Gasteiger charge is 2.21. The first-order valence-corrected chi connectivity index (χ1v) is 25.9. The predicted molar refractivity (Wildman–Crippen MR) is 239 cm³/mol. The lowest BCUT2D eigenvalue weighted by atomic mass is 9.97. The molecule has 1 aliphatic carbocycles. The van der Waals surface area contributed by atoms with E-state index in [1.807, 2.05) is 11.8 Å². The summed E-state index contributed by atoms with van der Waals surface area (Å²) in [7, 11) is 0. The molecule has 0 aromatic carbocycles. The van der Waals surface area contributed by atoms with Gasteiger partial charge in [0.05, 0.1) is 0 Å². The molecule has 3 nitrogen and oxygen atoms in total. The van der Waals surface area contributed by atoms with Crippen molar-refractivity contribution in [1.82, 2.24) is 14.8 Å². The van der Waals surface area contributed by atoms with Crippen molar-refractivity contribution < 1.29 is 0 Å². The summed E-state index contributed by atoms with van der Waals surface area (Å²) in [6.45, 7) is 4.63. The minimum Gasteiger partial charge on any atom is -0.303 e. The van der Waals surface area contributed by atoms with Gasteiger partial charge in [-0.3, -0.25) is 0 Å². The number of nitrogens with zero attached hydrogens (tertiary/aromatic N) is 3. The molecule has 1 aromatic rings. The molecule has 0 aliphatic heterocycles. The van der Waals surface area contributed by atoms with E-state index in [9.17, 15) is 0 Å². The van der Waals surface area contributed by atoms with Crippen molar-refractivity contribution in [3.8, 4) is 0 Å². The highest BCUT2D eigenvalue weighted by molar-refractivity contribution is 7.99. The molecule has 1 aliphatic rings. The third kappa shape index (κ3) is 28.5. The van der Waals surface area contributed by atoms with Crippen LogP contribution in [0.15, 0.2) is 5.16 Å². The molecule has 1 heterocycles. The van der Waals surface area contributed by atoms with E-state index in [1.165, 1.54) is 286 Å². The third-order valence-corrected chi connectivity index (χ3v) is 13.4. The van der Waals surface area contributed by atoms with Gasteiger partial charge in [-0.25, -0.2) is 0 Å². The average Bonchev–Trinajstić information content (AvgIpc) is 3.56. The molecule has 0 saturated heterocycles. The number of rotatable bonds is 35. The van der Waals surface area contributed by atoms with Crippen LogP contribution in [0.25, 0.3) is 0 Å². The van der Waals surface area contributed by atoms with E-state index in [1.54, 1.807) is 0 Å². The van der Waals surface area contributed by atoms with Crippen molar-refractivity contribution in [2.75, 3.05) is 5.75 Å². The van der Waals surface area contributed by atoms with Gasteiger partial charge in [-0.05, 0) is 25.7 Å². The second-order valence-corrected chi connectivity index (χ2v) is 18.6. The molecule has 1 fully saturated rings. The molecule has 0 amide bonds. The van der Waals surface area contributed by atoms with Crippen LogP contribution in [0.1, 0.15) is 295 Å². The lowest BCUT2D eigenvalue weighted by Gasteiger charge is -2.23. The Kier molecular flexibility index (Phi) is 35.2. The highest BCUT2D eigenvalue weighted by atomic mass is 32.2. The Bertz CT molecular complexity index is 856. The number of thioether (sulfide) groups is 1. The van der Waals surface area contributed by atoms with Crippen LogP contribution in [0.5, 0.6) is 0 Å². The molecule has 0 N–H and O–H groups in total. The van der Waals surface area contributed by atoms with Gasteiger partial charge in [-0.1, -0.05) is 270 Å². The van der Waals surface area contributed by atoms with Gasteiger partial charge >= 0.3 is 0 Å². The molecule has 4 heteroatoms. The summed E-state index contributed by atoms with van der Waals surface area (Å²) < 4.78 is 2.69. The number of aryl methyl sites for hydroxylation is 1. The zero-order valence-corrected chi connectivity index (χ0v) is 37.3. The molecule has 0 unspecified atom stereocenters. The summed E-state index contributed by atoms with van der Waals surface area (Å²) in [5.74, 6) is 2.52. The van der Waals surface area contributed by atoms with E-state index in [2.05, 4.69) is 18.4 Å². The van der Waals surface area contributed by atoms with Crippen molar-refractivity contribution in [2.24, 2.45) is 0 Å². The Morgan fingerprint density at radius 3 is 1.09 bits per heavy atom. The van der Waals surface area contributed by atoms with E-state index >= 15 is 0 Å². The van der Waals surface area contributed by atoms with Gasteiger partial charge in [-0.2, -0.15) is 0 Å². The second-order valence-electron chi connectivity index (χ2n) is 17.5. The summed E-state index contributed by atoms with van der Waals surface area (Å²) in [5, 5.41) is 11.1. The van der Waals surface area contributed by atoms with E-state index < -0.39 is 0 Å². The zero-order valence-electron chi connectivity index (χ0n) is 36.4. The fraction of sp³-hybridized carbons (Fsp3) is 0.959. The fourth-order valence-electron chi connectivity index (χ4n) is 8.81. The molecule has 1 saturated carbocycles. The van der Waals surface area contributed by atoms with Crippen molar-refractivity contribution in [2.45, 2.75) is 301 Å². The topological polar surface area (TPSA) is 30.7 Å². The van der Waals surface area contributed by atoms with E-state index in [0.717, 1.165) is 6.42 Å². The van der Waals surface area contributed by atoms with Crippen LogP contribution < -0.4 is 0 Å². The summed E-state index contributed by atoms with van der Waals surface area (Å²) in [6.07, 6.45) is 61.0. The lowest BCUT2D eigenvalue weighted by molar-refractivity contribution is 0.359. The number of hydrogen-bond donors (Lipinski definition) is 0. The maximum absolute atomic E-state index is 4.91. The smallest absolute Gasteiger partial charge is 0.191 e. The van der Waals surface area contributed by atoms with Gasteiger partial charge < -0.3 is 4.57 Å². The Morgan fingerprint density at radius 1 is 0.396 bits per heavy atom. The minimum atomic E-state index is 0.615. The van der Waals surface area contributed by atoms with Crippen LogP contribution in [0.2, 0.25) is 0 Å². The largest absolute Gasteiger partial charge is 0.303 e. The normalized spacial score (nSPS) is 15.1. The third-order valence-electron chi connectivity index (χ3n) is 12.4. The summed E-state index contributed by atoms with van der Waals surface area (Å²) >= 11 is 2.03. The predicted octanol–water partition coefficient (Wildman–Crippen LogP) is 17.9. The second kappa shape index (κ2) is 38.4. The summed E-state index contributed by atoms with van der Waals surface area (Å²) in [4.78, 5) is 0. The monoisotopic (exact) mass is 758 g/mol. The Balaban J connectivity index is 1.66. The van der Waals surface area contributed by atoms with Gasteiger partial charge in [0.15, 0.2) is 5.16 Å². The Hall–Kier alpha value is -0.510. The van der Waals surface area contributed by atoms with E-state index in [-0.39, 0.29) is 0 Å². The standard InChI is InChI=1S/C49H95N3S/c1-3-5-7-9-11-13-15-17-19-21-23-25-30-34-38-42-46-53-49-51-50-48(52(49)47-43-39-35-31-27-26-28-32-36-40-44-47)45-41-37-33-29-24-22-20-18-16-14-12-10-8-6-4-2/h47H,3-46H2,1-2H3. The van der Waals surface area contributed by atoms with Gasteiger partial charge in [0, 0.05) is 18.2 Å². The summed E-state index contributed by atoms with van der Waals surface area (Å²) in [6, 6.07) is 0.615. The van der Waals surface area contributed by atoms with E-state index in [0.29, 0.717) is 6.04 Å².